The molecule has 15 heavy (non-hydrogen) atoms. The number of aromatic nitrogens is 1. The Hall–Kier alpha value is -1.01. The van der Waals surface area contributed by atoms with Gasteiger partial charge in [0.2, 0.25) is 0 Å². The number of aryl methyl sites for hydroxylation is 1. The summed E-state index contributed by atoms with van der Waals surface area (Å²) in [6.07, 6.45) is 1.30. The zero-order valence-electron chi connectivity index (χ0n) is 8.56. The van der Waals surface area contributed by atoms with Gasteiger partial charge in [-0.3, -0.25) is 4.79 Å². The van der Waals surface area contributed by atoms with Crippen LogP contribution >= 0.6 is 10.7 Å². The average molecular weight is 251 g/mol. The molecule has 84 valence electrons. The maximum absolute atomic E-state index is 11.6. The largest absolute Gasteiger partial charge is 0.345 e. The maximum Gasteiger partial charge on any atom is 0.269 e. The molecule has 0 aliphatic carbocycles. The second-order valence-electron chi connectivity index (χ2n) is 3.31. The molecule has 1 amide bonds. The lowest BCUT2D eigenvalue weighted by Crippen LogP contribution is -2.23. The van der Waals surface area contributed by atoms with Gasteiger partial charge in [-0.15, -0.1) is 0 Å². The van der Waals surface area contributed by atoms with Gasteiger partial charge in [0.05, 0.1) is 0 Å². The summed E-state index contributed by atoms with van der Waals surface area (Å²) in [7, 11) is 6.14. The van der Waals surface area contributed by atoms with E-state index in [1.807, 2.05) is 0 Å². The first-order chi connectivity index (χ1) is 6.73. The monoisotopic (exact) mass is 250 g/mol. The summed E-state index contributed by atoms with van der Waals surface area (Å²) >= 11 is 0. The first kappa shape index (κ1) is 12.1. The molecule has 0 atom stereocenters. The zero-order chi connectivity index (χ0) is 11.8. The fourth-order valence-corrected chi connectivity index (χ4v) is 1.90. The van der Waals surface area contributed by atoms with Gasteiger partial charge in [0.15, 0.2) is 0 Å². The fraction of sp³-hybridized carbons (Fsp3) is 0.375. The average Bonchev–Trinajstić information content (AvgIpc) is 2.45. The highest BCUT2D eigenvalue weighted by Crippen LogP contribution is 2.18. The van der Waals surface area contributed by atoms with Gasteiger partial charge in [0.25, 0.3) is 15.0 Å². The second-order valence-corrected chi connectivity index (χ2v) is 5.88. The number of hydrogen-bond donors (Lipinski definition) is 0. The van der Waals surface area contributed by atoms with Crippen molar-refractivity contribution in [2.45, 2.75) is 4.90 Å². The highest BCUT2D eigenvalue weighted by molar-refractivity contribution is 8.13. The smallest absolute Gasteiger partial charge is 0.269 e. The fourth-order valence-electron chi connectivity index (χ4n) is 1.11. The Morgan fingerprint density at radius 2 is 2.00 bits per heavy atom. The number of carbonyl (C=O) groups excluding carboxylic acids is 1. The molecular weight excluding hydrogens is 240 g/mol. The van der Waals surface area contributed by atoms with Crippen molar-refractivity contribution >= 4 is 25.6 Å². The zero-order valence-corrected chi connectivity index (χ0v) is 10.1. The third kappa shape index (κ3) is 2.51. The highest BCUT2D eigenvalue weighted by atomic mass is 35.7. The van der Waals surface area contributed by atoms with E-state index >= 15 is 0 Å². The van der Waals surface area contributed by atoms with Crippen LogP contribution in [0.15, 0.2) is 17.2 Å². The summed E-state index contributed by atoms with van der Waals surface area (Å²) in [5, 5.41) is 0. The van der Waals surface area contributed by atoms with E-state index in [-0.39, 0.29) is 16.5 Å². The number of halogens is 1. The van der Waals surface area contributed by atoms with E-state index in [0.717, 1.165) is 0 Å². The van der Waals surface area contributed by atoms with Gasteiger partial charge >= 0.3 is 0 Å². The quantitative estimate of drug-likeness (QED) is 0.725. The van der Waals surface area contributed by atoms with E-state index in [1.54, 1.807) is 21.1 Å². The Morgan fingerprint density at radius 3 is 2.33 bits per heavy atom. The van der Waals surface area contributed by atoms with Gasteiger partial charge in [-0.1, -0.05) is 0 Å². The first-order valence-electron chi connectivity index (χ1n) is 4.06. The maximum atomic E-state index is 11.6. The molecule has 5 nitrogen and oxygen atoms in total. The Labute approximate surface area is 92.7 Å². The molecule has 0 aromatic carbocycles. The number of nitrogens with zero attached hydrogens (tertiary/aromatic N) is 2. The molecular formula is C8H11ClN2O3S. The summed E-state index contributed by atoms with van der Waals surface area (Å²) in [6.45, 7) is 0. The summed E-state index contributed by atoms with van der Waals surface area (Å²) in [5.74, 6) is -0.274. The number of amides is 1. The van der Waals surface area contributed by atoms with Gasteiger partial charge in [-0.25, -0.2) is 8.42 Å². The van der Waals surface area contributed by atoms with Crippen molar-refractivity contribution in [3.63, 3.8) is 0 Å². The van der Waals surface area contributed by atoms with Crippen LogP contribution in [0.2, 0.25) is 0 Å². The van der Waals surface area contributed by atoms with E-state index in [1.165, 1.54) is 21.7 Å². The molecule has 1 aromatic rings. The Morgan fingerprint density at radius 1 is 1.47 bits per heavy atom. The molecule has 0 bridgehead atoms. The molecule has 0 unspecified atom stereocenters. The number of carbonyl (C=O) groups is 1. The van der Waals surface area contributed by atoms with Crippen LogP contribution in [0, 0.1) is 0 Å². The summed E-state index contributed by atoms with van der Waals surface area (Å²) in [6, 6.07) is 1.25. The predicted molar refractivity (Wildman–Crippen MR) is 56.5 cm³/mol. The standard InChI is InChI=1S/C8H11ClN2O3S/c1-10(2)8(12)7-4-6(5-11(7)3)15(9,13)14/h4-5H,1-3H3. The molecule has 0 saturated carbocycles. The molecule has 1 aromatic heterocycles. The number of hydrogen-bond acceptors (Lipinski definition) is 3. The second kappa shape index (κ2) is 3.86. The Bertz CT molecular complexity index is 490. The van der Waals surface area contributed by atoms with E-state index in [4.69, 9.17) is 10.7 Å². The minimum atomic E-state index is -3.78. The van der Waals surface area contributed by atoms with Crippen LogP contribution in [0.3, 0.4) is 0 Å². The van der Waals surface area contributed by atoms with E-state index in [2.05, 4.69) is 0 Å². The molecule has 0 saturated heterocycles. The van der Waals surface area contributed by atoms with Crippen LogP contribution in [0.1, 0.15) is 10.5 Å². The van der Waals surface area contributed by atoms with Crippen molar-refractivity contribution in [2.75, 3.05) is 14.1 Å². The van der Waals surface area contributed by atoms with Gasteiger partial charge in [0.1, 0.15) is 10.6 Å². The van der Waals surface area contributed by atoms with Crippen LogP contribution in [-0.2, 0) is 16.1 Å². The van der Waals surface area contributed by atoms with Crippen LogP contribution in [0.4, 0.5) is 0 Å². The van der Waals surface area contributed by atoms with Crippen molar-refractivity contribution in [1.82, 2.24) is 9.47 Å². The third-order valence-electron chi connectivity index (χ3n) is 1.89. The van der Waals surface area contributed by atoms with E-state index in [9.17, 15) is 13.2 Å². The molecule has 0 N–H and O–H groups in total. The minimum absolute atomic E-state index is 0.0723. The van der Waals surface area contributed by atoms with Gasteiger partial charge in [0, 0.05) is 38.0 Å². The molecule has 1 heterocycles. The van der Waals surface area contributed by atoms with Crippen molar-refractivity contribution in [2.24, 2.45) is 7.05 Å². The van der Waals surface area contributed by atoms with Crippen LogP contribution in [0.25, 0.3) is 0 Å². The topological polar surface area (TPSA) is 59.4 Å². The van der Waals surface area contributed by atoms with Gasteiger partial charge < -0.3 is 9.47 Å². The lowest BCUT2D eigenvalue weighted by Gasteiger charge is -2.09. The lowest BCUT2D eigenvalue weighted by atomic mass is 10.4. The Balaban J connectivity index is 3.25. The van der Waals surface area contributed by atoms with Crippen molar-refractivity contribution in [3.05, 3.63) is 18.0 Å². The minimum Gasteiger partial charge on any atom is -0.345 e. The van der Waals surface area contributed by atoms with Crippen molar-refractivity contribution in [1.29, 1.82) is 0 Å². The van der Waals surface area contributed by atoms with Crippen LogP contribution in [0.5, 0.6) is 0 Å². The van der Waals surface area contributed by atoms with Crippen molar-refractivity contribution < 1.29 is 13.2 Å². The molecule has 0 radical (unpaired) electrons. The normalized spacial score (nSPS) is 11.5. The first-order valence-corrected chi connectivity index (χ1v) is 6.37. The van der Waals surface area contributed by atoms with Crippen molar-refractivity contribution in [3.8, 4) is 0 Å². The predicted octanol–water partition coefficient (Wildman–Crippen LogP) is 0.654. The molecule has 1 rings (SSSR count). The SMILES string of the molecule is CN(C)C(=O)c1cc(S(=O)(=O)Cl)cn1C. The molecule has 0 aliphatic rings. The van der Waals surface area contributed by atoms with Gasteiger partial charge in [-0.05, 0) is 6.07 Å². The lowest BCUT2D eigenvalue weighted by molar-refractivity contribution is 0.0818. The molecule has 7 heteroatoms. The highest BCUT2D eigenvalue weighted by Gasteiger charge is 2.19. The van der Waals surface area contributed by atoms with Crippen LogP contribution < -0.4 is 0 Å². The summed E-state index contributed by atoms with van der Waals surface area (Å²) in [5.41, 5.74) is 0.277. The van der Waals surface area contributed by atoms with E-state index in [0.29, 0.717) is 0 Å². The third-order valence-corrected chi connectivity index (χ3v) is 3.21. The van der Waals surface area contributed by atoms with Gasteiger partial charge in [-0.2, -0.15) is 0 Å². The summed E-state index contributed by atoms with van der Waals surface area (Å²) in [4.78, 5) is 12.9. The Kier molecular flexibility index (Phi) is 3.11. The molecule has 0 fully saturated rings. The number of rotatable bonds is 2. The van der Waals surface area contributed by atoms with Crippen LogP contribution in [-0.4, -0.2) is 37.9 Å². The molecule has 0 spiro atoms. The van der Waals surface area contributed by atoms with E-state index < -0.39 is 9.05 Å². The molecule has 0 aliphatic heterocycles. The summed E-state index contributed by atoms with van der Waals surface area (Å²) < 4.78 is 23.5.